The van der Waals surface area contributed by atoms with Gasteiger partial charge in [0.05, 0.1) is 18.8 Å². The first-order valence-corrected chi connectivity index (χ1v) is 12.2. The number of pyridine rings is 1. The number of benzene rings is 1. The molecule has 1 aromatic carbocycles. The average Bonchev–Trinajstić information content (AvgIpc) is 3.17. The van der Waals surface area contributed by atoms with Crippen molar-refractivity contribution in [2.45, 2.75) is 51.7 Å². The van der Waals surface area contributed by atoms with Gasteiger partial charge >= 0.3 is 0 Å². The number of piperidine rings is 1. The Balaban J connectivity index is 1.40. The molecule has 33 heavy (non-hydrogen) atoms. The topological polar surface area (TPSA) is 61.5 Å². The van der Waals surface area contributed by atoms with Crippen LogP contribution < -0.4 is 0 Å². The zero-order valence-corrected chi connectivity index (χ0v) is 19.9. The number of hydrogen-bond donors (Lipinski definition) is 1. The van der Waals surface area contributed by atoms with E-state index in [9.17, 15) is 4.79 Å². The fourth-order valence-corrected chi connectivity index (χ4v) is 5.60. The van der Waals surface area contributed by atoms with Gasteiger partial charge in [-0.3, -0.25) is 14.7 Å². The molecule has 0 spiro atoms. The molecule has 3 aromatic rings. The van der Waals surface area contributed by atoms with Crippen LogP contribution in [0, 0.1) is 6.92 Å². The lowest BCUT2D eigenvalue weighted by Crippen LogP contribution is -2.51. The number of nitrogens with one attached hydrogen (secondary N) is 1. The molecule has 1 N–H and O–H groups in total. The van der Waals surface area contributed by atoms with Crippen LogP contribution in [-0.2, 0) is 9.53 Å². The van der Waals surface area contributed by atoms with Gasteiger partial charge in [0.1, 0.15) is 0 Å². The zero-order valence-electron chi connectivity index (χ0n) is 19.9. The fraction of sp³-hybridized carbons (Fsp3) is 0.481. The summed E-state index contributed by atoms with van der Waals surface area (Å²) < 4.78 is 5.83. The van der Waals surface area contributed by atoms with E-state index in [1.165, 1.54) is 22.2 Å². The van der Waals surface area contributed by atoms with Crippen LogP contribution in [0.3, 0.4) is 0 Å². The molecule has 174 valence electrons. The van der Waals surface area contributed by atoms with Crippen LogP contribution in [0.5, 0.6) is 0 Å². The Labute approximate surface area is 195 Å². The van der Waals surface area contributed by atoms with Crippen LogP contribution in [0.2, 0.25) is 0 Å². The Bertz CT molecular complexity index is 1120. The number of amides is 1. The Hall–Kier alpha value is -2.70. The van der Waals surface area contributed by atoms with Crippen molar-refractivity contribution in [2.75, 3.05) is 32.7 Å². The fourth-order valence-electron chi connectivity index (χ4n) is 5.60. The molecule has 2 aliphatic rings. The first kappa shape index (κ1) is 22.1. The van der Waals surface area contributed by atoms with Crippen LogP contribution >= 0.6 is 0 Å². The summed E-state index contributed by atoms with van der Waals surface area (Å²) in [5.41, 5.74) is 5.98. The van der Waals surface area contributed by atoms with Gasteiger partial charge in [-0.05, 0) is 51.8 Å². The number of hydrogen-bond acceptors (Lipinski definition) is 4. The van der Waals surface area contributed by atoms with Crippen LogP contribution in [0.25, 0.3) is 22.0 Å². The van der Waals surface area contributed by atoms with Crippen molar-refractivity contribution in [1.29, 1.82) is 0 Å². The number of H-pyrrole nitrogens is 1. The molecule has 0 unspecified atom stereocenters. The van der Waals surface area contributed by atoms with E-state index in [2.05, 4.69) is 64.8 Å². The van der Waals surface area contributed by atoms with E-state index in [1.807, 2.05) is 18.5 Å². The molecule has 0 radical (unpaired) electrons. The normalized spacial score (nSPS) is 24.3. The van der Waals surface area contributed by atoms with Crippen molar-refractivity contribution in [3.8, 4) is 11.1 Å². The van der Waals surface area contributed by atoms with Crippen LogP contribution in [0.4, 0.5) is 0 Å². The monoisotopic (exact) mass is 446 g/mol. The average molecular weight is 447 g/mol. The highest BCUT2D eigenvalue weighted by molar-refractivity contribution is 5.98. The molecule has 5 rings (SSSR count). The smallest absolute Gasteiger partial charge is 0.236 e. The number of ether oxygens (including phenoxy) is 1. The van der Waals surface area contributed by atoms with Crippen LogP contribution in [-0.4, -0.2) is 70.6 Å². The zero-order chi connectivity index (χ0) is 22.9. The molecule has 2 aliphatic heterocycles. The summed E-state index contributed by atoms with van der Waals surface area (Å²) in [6.07, 6.45) is 6.21. The summed E-state index contributed by atoms with van der Waals surface area (Å²) >= 11 is 0. The highest BCUT2D eigenvalue weighted by Crippen LogP contribution is 2.39. The molecule has 4 heterocycles. The van der Waals surface area contributed by atoms with Crippen molar-refractivity contribution in [2.24, 2.45) is 0 Å². The number of likely N-dealkylation sites (tertiary alicyclic amines) is 1. The van der Waals surface area contributed by atoms with E-state index >= 15 is 0 Å². The molecule has 2 saturated heterocycles. The number of fused-ring (bicyclic) bond motifs is 1. The van der Waals surface area contributed by atoms with Gasteiger partial charge in [0.2, 0.25) is 5.91 Å². The van der Waals surface area contributed by atoms with E-state index in [0.717, 1.165) is 50.1 Å². The lowest BCUT2D eigenvalue weighted by Gasteiger charge is -2.38. The first-order valence-electron chi connectivity index (χ1n) is 12.2. The minimum absolute atomic E-state index is 0.174. The molecule has 1 amide bonds. The largest absolute Gasteiger partial charge is 0.373 e. The van der Waals surface area contributed by atoms with Crippen molar-refractivity contribution in [1.82, 2.24) is 19.8 Å². The summed E-state index contributed by atoms with van der Waals surface area (Å²) in [6, 6.07) is 10.7. The molecule has 2 aromatic heterocycles. The Kier molecular flexibility index (Phi) is 6.21. The van der Waals surface area contributed by atoms with Gasteiger partial charge in [0.25, 0.3) is 0 Å². The Morgan fingerprint density at radius 1 is 1.18 bits per heavy atom. The molecule has 0 saturated carbocycles. The molecular formula is C27H34N4O2. The quantitative estimate of drug-likeness (QED) is 0.647. The van der Waals surface area contributed by atoms with Gasteiger partial charge in [0, 0.05) is 72.2 Å². The molecular weight excluding hydrogens is 412 g/mol. The van der Waals surface area contributed by atoms with Gasteiger partial charge in [-0.2, -0.15) is 0 Å². The second kappa shape index (κ2) is 9.27. The highest BCUT2D eigenvalue weighted by Gasteiger charge is 2.31. The maximum atomic E-state index is 13.3. The summed E-state index contributed by atoms with van der Waals surface area (Å²) in [5, 5.41) is 1.23. The summed E-state index contributed by atoms with van der Waals surface area (Å²) in [4.78, 5) is 25.7. The number of nitrogens with zero attached hydrogens (tertiary/aromatic N) is 3. The number of carbonyl (C=O) groups is 1. The Morgan fingerprint density at radius 2 is 2.00 bits per heavy atom. The minimum Gasteiger partial charge on any atom is -0.373 e. The second-order valence-corrected chi connectivity index (χ2v) is 9.83. The summed E-state index contributed by atoms with van der Waals surface area (Å²) in [5.74, 6) is 0.518. The molecule has 3 atom stereocenters. The standard InChI is InChI=1S/C27H34N4O2/c1-18-8-9-24-23(12-18)26(21-6-4-10-28-13-21)27(29-24)22-7-5-11-31(16-22)25(32)17-30-14-19(2)33-20(3)15-30/h4,6,8-10,12-13,19-20,22,29H,5,7,11,14-17H2,1-3H3/t19-,20+,22-/m1/s1. The predicted octanol–water partition coefficient (Wildman–Crippen LogP) is 4.35. The third-order valence-corrected chi connectivity index (χ3v) is 6.97. The number of aromatic nitrogens is 2. The highest BCUT2D eigenvalue weighted by atomic mass is 16.5. The van der Waals surface area contributed by atoms with Gasteiger partial charge in [-0.15, -0.1) is 0 Å². The lowest BCUT2D eigenvalue weighted by molar-refractivity contribution is -0.137. The summed E-state index contributed by atoms with van der Waals surface area (Å²) in [7, 11) is 0. The third kappa shape index (κ3) is 4.68. The van der Waals surface area contributed by atoms with Gasteiger partial charge < -0.3 is 14.6 Å². The maximum absolute atomic E-state index is 13.3. The van der Waals surface area contributed by atoms with Crippen molar-refractivity contribution in [3.05, 3.63) is 54.0 Å². The van der Waals surface area contributed by atoms with Crippen molar-refractivity contribution in [3.63, 3.8) is 0 Å². The first-order chi connectivity index (χ1) is 16.0. The third-order valence-electron chi connectivity index (χ3n) is 6.97. The number of rotatable bonds is 4. The van der Waals surface area contributed by atoms with Crippen LogP contribution in [0.1, 0.15) is 43.9 Å². The number of carbonyl (C=O) groups excluding carboxylic acids is 1. The van der Waals surface area contributed by atoms with E-state index in [1.54, 1.807) is 0 Å². The predicted molar refractivity (Wildman–Crippen MR) is 131 cm³/mol. The summed E-state index contributed by atoms with van der Waals surface area (Å²) in [6.45, 7) is 10.0. The van der Waals surface area contributed by atoms with E-state index < -0.39 is 0 Å². The molecule has 0 aliphatic carbocycles. The Morgan fingerprint density at radius 3 is 2.76 bits per heavy atom. The SMILES string of the molecule is Cc1ccc2[nH]c([C@@H]3CCCN(C(=O)CN4C[C@@H](C)O[C@@H](C)C4)C3)c(-c3cccnc3)c2c1. The van der Waals surface area contributed by atoms with Crippen molar-refractivity contribution >= 4 is 16.8 Å². The molecule has 6 nitrogen and oxygen atoms in total. The molecule has 0 bridgehead atoms. The van der Waals surface area contributed by atoms with Crippen LogP contribution in [0.15, 0.2) is 42.7 Å². The van der Waals surface area contributed by atoms with Gasteiger partial charge in [-0.1, -0.05) is 17.7 Å². The number of morpholine rings is 1. The number of aryl methyl sites for hydroxylation is 1. The maximum Gasteiger partial charge on any atom is 0.236 e. The molecule has 6 heteroatoms. The van der Waals surface area contributed by atoms with Crippen molar-refractivity contribution < 1.29 is 9.53 Å². The molecule has 2 fully saturated rings. The van der Waals surface area contributed by atoms with E-state index in [-0.39, 0.29) is 24.0 Å². The van der Waals surface area contributed by atoms with Gasteiger partial charge in [-0.25, -0.2) is 0 Å². The van der Waals surface area contributed by atoms with E-state index in [4.69, 9.17) is 4.74 Å². The lowest BCUT2D eigenvalue weighted by atomic mass is 9.89. The minimum atomic E-state index is 0.174. The van der Waals surface area contributed by atoms with E-state index in [0.29, 0.717) is 6.54 Å². The number of aromatic amines is 1. The van der Waals surface area contributed by atoms with Gasteiger partial charge in [0.15, 0.2) is 0 Å². The second-order valence-electron chi connectivity index (χ2n) is 9.83.